The minimum Gasteiger partial charge on any atom is -0.463 e. The van der Waals surface area contributed by atoms with E-state index in [9.17, 15) is 19.5 Å². The van der Waals surface area contributed by atoms with Crippen molar-refractivity contribution in [2.45, 2.75) is 51.8 Å². The fourth-order valence-electron chi connectivity index (χ4n) is 1.91. The lowest BCUT2D eigenvalue weighted by Gasteiger charge is -2.38. The largest absolute Gasteiger partial charge is 0.463 e. The Labute approximate surface area is 115 Å². The summed E-state index contributed by atoms with van der Waals surface area (Å²) in [4.78, 5) is 33.0. The average molecular weight is 290 g/mol. The van der Waals surface area contributed by atoms with Crippen LogP contribution in [0.2, 0.25) is 0 Å². The molecule has 1 rings (SSSR count). The van der Waals surface area contributed by atoms with E-state index in [2.05, 4.69) is 0 Å². The summed E-state index contributed by atoms with van der Waals surface area (Å²) in [6, 6.07) is 0. The highest BCUT2D eigenvalue weighted by Gasteiger charge is 2.43. The Morgan fingerprint density at radius 2 is 1.70 bits per heavy atom. The highest BCUT2D eigenvalue weighted by molar-refractivity contribution is 5.67. The lowest BCUT2D eigenvalue weighted by Crippen LogP contribution is -2.53. The molecule has 0 aromatic heterocycles. The minimum atomic E-state index is -1.20. The number of ether oxygens (including phenoxy) is 4. The quantitative estimate of drug-likeness (QED) is 0.546. The fraction of sp³-hybridized carbons (Fsp3) is 0.750. The van der Waals surface area contributed by atoms with Gasteiger partial charge in [0.1, 0.15) is 18.8 Å². The van der Waals surface area contributed by atoms with Crippen LogP contribution in [0.15, 0.2) is 0 Å². The van der Waals surface area contributed by atoms with E-state index in [1.165, 1.54) is 20.8 Å². The van der Waals surface area contributed by atoms with Gasteiger partial charge in [-0.05, 0) is 0 Å². The molecule has 1 unspecified atom stereocenters. The summed E-state index contributed by atoms with van der Waals surface area (Å²) in [5.74, 6) is -1.72. The molecule has 1 aliphatic heterocycles. The topological polar surface area (TPSA) is 108 Å². The molecule has 8 nitrogen and oxygen atoms in total. The Morgan fingerprint density at radius 3 is 2.20 bits per heavy atom. The van der Waals surface area contributed by atoms with Gasteiger partial charge in [0.25, 0.3) is 0 Å². The van der Waals surface area contributed by atoms with Crippen LogP contribution in [0.5, 0.6) is 0 Å². The van der Waals surface area contributed by atoms with Gasteiger partial charge in [-0.2, -0.15) is 0 Å². The standard InChI is InChI=1S/C12H18O8/c1-6(13)17-5-10-12(19-8(3)15)9(18-7(2)14)4-11(16)20-10/h9-12,16H,4-5H2,1-3H3/t9?,10-,11-,12+/m1/s1. The van der Waals surface area contributed by atoms with E-state index in [-0.39, 0.29) is 13.0 Å². The molecular weight excluding hydrogens is 272 g/mol. The van der Waals surface area contributed by atoms with Gasteiger partial charge in [-0.1, -0.05) is 0 Å². The van der Waals surface area contributed by atoms with Crippen LogP contribution in [-0.4, -0.2) is 54.2 Å². The molecule has 0 spiro atoms. The van der Waals surface area contributed by atoms with Crippen molar-refractivity contribution in [2.24, 2.45) is 0 Å². The molecule has 0 saturated carbocycles. The van der Waals surface area contributed by atoms with Crippen LogP contribution in [0, 0.1) is 0 Å². The number of aliphatic hydroxyl groups excluding tert-OH is 1. The summed E-state index contributed by atoms with van der Waals surface area (Å²) in [7, 11) is 0. The minimum absolute atomic E-state index is 0.0336. The van der Waals surface area contributed by atoms with Gasteiger partial charge < -0.3 is 24.1 Å². The molecule has 1 saturated heterocycles. The van der Waals surface area contributed by atoms with Gasteiger partial charge in [0, 0.05) is 27.2 Å². The van der Waals surface area contributed by atoms with E-state index < -0.39 is 42.5 Å². The van der Waals surface area contributed by atoms with Crippen molar-refractivity contribution in [1.29, 1.82) is 0 Å². The number of carbonyl (C=O) groups is 3. The molecule has 1 aliphatic rings. The van der Waals surface area contributed by atoms with Crippen molar-refractivity contribution in [3.05, 3.63) is 0 Å². The zero-order chi connectivity index (χ0) is 15.3. The van der Waals surface area contributed by atoms with Crippen LogP contribution in [0.25, 0.3) is 0 Å². The molecule has 0 aliphatic carbocycles. The van der Waals surface area contributed by atoms with Gasteiger partial charge in [-0.15, -0.1) is 0 Å². The molecule has 1 heterocycles. The average Bonchev–Trinajstić information content (AvgIpc) is 2.28. The number of carbonyl (C=O) groups excluding carboxylic acids is 3. The molecule has 0 radical (unpaired) electrons. The van der Waals surface area contributed by atoms with Gasteiger partial charge in [-0.25, -0.2) is 0 Å². The molecular formula is C12H18O8. The third kappa shape index (κ3) is 5.14. The normalized spacial score (nSPS) is 29.4. The zero-order valence-corrected chi connectivity index (χ0v) is 11.5. The first kappa shape index (κ1) is 16.4. The first-order valence-electron chi connectivity index (χ1n) is 6.11. The summed E-state index contributed by atoms with van der Waals surface area (Å²) in [5.41, 5.74) is 0. The van der Waals surface area contributed by atoms with E-state index in [4.69, 9.17) is 18.9 Å². The zero-order valence-electron chi connectivity index (χ0n) is 11.5. The second-order valence-electron chi connectivity index (χ2n) is 4.39. The van der Waals surface area contributed by atoms with Crippen LogP contribution in [-0.2, 0) is 33.3 Å². The first-order valence-corrected chi connectivity index (χ1v) is 6.11. The third-order valence-electron chi connectivity index (χ3n) is 2.57. The predicted molar refractivity (Wildman–Crippen MR) is 63.2 cm³/mol. The van der Waals surface area contributed by atoms with Crippen molar-refractivity contribution < 1.29 is 38.4 Å². The van der Waals surface area contributed by atoms with E-state index in [1.54, 1.807) is 0 Å². The van der Waals surface area contributed by atoms with Crippen LogP contribution in [0.4, 0.5) is 0 Å². The molecule has 1 fully saturated rings. The highest BCUT2D eigenvalue weighted by atomic mass is 16.7. The second-order valence-corrected chi connectivity index (χ2v) is 4.39. The Kier molecular flexibility index (Phi) is 5.90. The summed E-state index contributed by atoms with van der Waals surface area (Å²) in [5, 5.41) is 9.59. The number of aliphatic hydroxyl groups is 1. The molecule has 1 N–H and O–H groups in total. The van der Waals surface area contributed by atoms with Crippen molar-refractivity contribution in [3.8, 4) is 0 Å². The Bertz CT molecular complexity index is 380. The van der Waals surface area contributed by atoms with Crippen LogP contribution >= 0.6 is 0 Å². The monoisotopic (exact) mass is 290 g/mol. The third-order valence-corrected chi connectivity index (χ3v) is 2.57. The summed E-state index contributed by atoms with van der Waals surface area (Å²) in [6.07, 6.45) is -3.95. The number of hydrogen-bond acceptors (Lipinski definition) is 8. The number of rotatable bonds is 4. The predicted octanol–water partition coefficient (Wildman–Crippen LogP) is -0.480. The SMILES string of the molecule is CC(=O)OC[C@H]1O[C@@H](O)CC(OC(C)=O)[C@@H]1OC(C)=O. The molecule has 0 aromatic rings. The maximum Gasteiger partial charge on any atom is 0.303 e. The van der Waals surface area contributed by atoms with Crippen molar-refractivity contribution in [1.82, 2.24) is 0 Å². The Balaban J connectivity index is 2.82. The van der Waals surface area contributed by atoms with E-state index >= 15 is 0 Å². The number of hydrogen-bond donors (Lipinski definition) is 1. The highest BCUT2D eigenvalue weighted by Crippen LogP contribution is 2.25. The smallest absolute Gasteiger partial charge is 0.303 e. The lowest BCUT2D eigenvalue weighted by atomic mass is 10.0. The first-order chi connectivity index (χ1) is 9.29. The molecule has 114 valence electrons. The van der Waals surface area contributed by atoms with Crippen molar-refractivity contribution in [2.75, 3.05) is 6.61 Å². The van der Waals surface area contributed by atoms with Crippen molar-refractivity contribution in [3.63, 3.8) is 0 Å². The van der Waals surface area contributed by atoms with Gasteiger partial charge in [0.15, 0.2) is 12.4 Å². The molecule has 0 aromatic carbocycles. The maximum atomic E-state index is 11.1. The second kappa shape index (κ2) is 7.20. The Morgan fingerprint density at radius 1 is 1.10 bits per heavy atom. The Hall–Kier alpha value is -1.67. The van der Waals surface area contributed by atoms with E-state index in [0.29, 0.717) is 0 Å². The molecule has 8 heteroatoms. The van der Waals surface area contributed by atoms with Crippen LogP contribution < -0.4 is 0 Å². The van der Waals surface area contributed by atoms with Gasteiger partial charge in [-0.3, -0.25) is 14.4 Å². The molecule has 0 amide bonds. The summed E-state index contributed by atoms with van der Waals surface area (Å²) >= 11 is 0. The molecule has 4 atom stereocenters. The maximum absolute atomic E-state index is 11.1. The van der Waals surface area contributed by atoms with E-state index in [0.717, 1.165) is 0 Å². The summed E-state index contributed by atoms with van der Waals surface area (Å²) < 4.78 is 20.0. The van der Waals surface area contributed by atoms with Crippen LogP contribution in [0.1, 0.15) is 27.2 Å². The van der Waals surface area contributed by atoms with Gasteiger partial charge >= 0.3 is 17.9 Å². The van der Waals surface area contributed by atoms with E-state index in [1.807, 2.05) is 0 Å². The molecule has 0 bridgehead atoms. The fourth-order valence-corrected chi connectivity index (χ4v) is 1.91. The lowest BCUT2D eigenvalue weighted by molar-refractivity contribution is -0.252. The van der Waals surface area contributed by atoms with Gasteiger partial charge in [0.2, 0.25) is 0 Å². The van der Waals surface area contributed by atoms with Crippen molar-refractivity contribution >= 4 is 17.9 Å². The molecule has 20 heavy (non-hydrogen) atoms. The van der Waals surface area contributed by atoms with Gasteiger partial charge in [0.05, 0.1) is 0 Å². The summed E-state index contributed by atoms with van der Waals surface area (Å²) in [6.45, 7) is 3.39. The van der Waals surface area contributed by atoms with Crippen LogP contribution in [0.3, 0.4) is 0 Å². The number of esters is 3.